The highest BCUT2D eigenvalue weighted by Crippen LogP contribution is 2.35. The van der Waals surface area contributed by atoms with E-state index in [0.29, 0.717) is 26.2 Å². The Labute approximate surface area is 170 Å². The Bertz CT molecular complexity index is 978. The Morgan fingerprint density at radius 3 is 3.07 bits per heavy atom. The van der Waals surface area contributed by atoms with Gasteiger partial charge in [0, 0.05) is 54.8 Å². The van der Waals surface area contributed by atoms with Gasteiger partial charge in [-0.1, -0.05) is 6.92 Å². The highest BCUT2D eigenvalue weighted by molar-refractivity contribution is 5.95. The molecule has 0 aliphatic carbocycles. The molecule has 0 unspecified atom stereocenters. The molecule has 2 atom stereocenters. The molecule has 1 N–H and O–H groups in total. The second-order valence-corrected chi connectivity index (χ2v) is 7.49. The second kappa shape index (κ2) is 8.80. The van der Waals surface area contributed by atoms with Crippen molar-refractivity contribution in [3.05, 3.63) is 48.4 Å². The number of anilines is 1. The van der Waals surface area contributed by atoms with Crippen molar-refractivity contribution < 1.29 is 14.3 Å². The van der Waals surface area contributed by atoms with Crippen LogP contribution >= 0.6 is 0 Å². The maximum absolute atomic E-state index is 13.0. The lowest BCUT2D eigenvalue weighted by molar-refractivity contribution is -0.121. The average molecular weight is 396 g/mol. The first-order valence-corrected chi connectivity index (χ1v) is 10.2. The summed E-state index contributed by atoms with van der Waals surface area (Å²) >= 11 is 0. The Morgan fingerprint density at radius 2 is 2.24 bits per heavy atom. The van der Waals surface area contributed by atoms with Crippen molar-refractivity contribution >= 4 is 22.5 Å². The number of rotatable bonds is 8. The van der Waals surface area contributed by atoms with E-state index in [-0.39, 0.29) is 17.9 Å². The van der Waals surface area contributed by atoms with Gasteiger partial charge in [0.05, 0.1) is 31.4 Å². The first-order valence-electron chi connectivity index (χ1n) is 10.2. The zero-order valence-electron chi connectivity index (χ0n) is 17.0. The SMILES string of the molecule is CCCn1ccc2cc(NC(=O)[C@H]3CCO[C@@H]3c3cnn(CCOC)c3)ccc21. The third kappa shape index (κ3) is 4.21. The zero-order chi connectivity index (χ0) is 20.2. The Morgan fingerprint density at radius 1 is 1.34 bits per heavy atom. The van der Waals surface area contributed by atoms with Gasteiger partial charge in [-0.05, 0) is 37.1 Å². The quantitative estimate of drug-likeness (QED) is 0.631. The number of nitrogens with one attached hydrogen (secondary N) is 1. The molecule has 1 aromatic carbocycles. The molecule has 1 aliphatic heterocycles. The summed E-state index contributed by atoms with van der Waals surface area (Å²) in [5.41, 5.74) is 2.94. The van der Waals surface area contributed by atoms with E-state index in [4.69, 9.17) is 9.47 Å². The van der Waals surface area contributed by atoms with Crippen molar-refractivity contribution in [2.75, 3.05) is 25.6 Å². The highest BCUT2D eigenvalue weighted by Gasteiger charge is 2.36. The number of aryl methyl sites for hydroxylation is 1. The number of carbonyl (C=O) groups excluding carboxylic acids is 1. The molecule has 0 radical (unpaired) electrons. The molecule has 154 valence electrons. The van der Waals surface area contributed by atoms with E-state index in [1.54, 1.807) is 13.3 Å². The van der Waals surface area contributed by atoms with Crippen LogP contribution in [0.15, 0.2) is 42.9 Å². The summed E-state index contributed by atoms with van der Waals surface area (Å²) in [6, 6.07) is 8.17. The number of ether oxygens (including phenoxy) is 2. The molecular formula is C22H28N4O3. The highest BCUT2D eigenvalue weighted by atomic mass is 16.5. The predicted octanol–water partition coefficient (Wildman–Crippen LogP) is 3.61. The fourth-order valence-electron chi connectivity index (χ4n) is 3.97. The monoisotopic (exact) mass is 396 g/mol. The first kappa shape index (κ1) is 19.7. The number of aromatic nitrogens is 3. The lowest BCUT2D eigenvalue weighted by Gasteiger charge is -2.17. The van der Waals surface area contributed by atoms with Crippen LogP contribution in [0.5, 0.6) is 0 Å². The van der Waals surface area contributed by atoms with Crippen LogP contribution in [0.3, 0.4) is 0 Å². The fraction of sp³-hybridized carbons (Fsp3) is 0.455. The largest absolute Gasteiger partial charge is 0.383 e. The molecule has 2 aromatic heterocycles. The molecule has 1 aliphatic rings. The number of hydrogen-bond donors (Lipinski definition) is 1. The van der Waals surface area contributed by atoms with Gasteiger partial charge in [0.2, 0.25) is 5.91 Å². The van der Waals surface area contributed by atoms with E-state index in [1.807, 2.05) is 23.0 Å². The summed E-state index contributed by atoms with van der Waals surface area (Å²) in [5.74, 6) is -0.236. The van der Waals surface area contributed by atoms with Crippen LogP contribution in [0.1, 0.15) is 31.4 Å². The third-order valence-electron chi connectivity index (χ3n) is 5.44. The third-order valence-corrected chi connectivity index (χ3v) is 5.44. The molecule has 3 aromatic rings. The van der Waals surface area contributed by atoms with Crippen LogP contribution < -0.4 is 5.32 Å². The van der Waals surface area contributed by atoms with Gasteiger partial charge in [0.25, 0.3) is 0 Å². The van der Waals surface area contributed by atoms with Gasteiger partial charge in [-0.3, -0.25) is 9.48 Å². The maximum atomic E-state index is 13.0. The van der Waals surface area contributed by atoms with Gasteiger partial charge in [0.15, 0.2) is 0 Å². The molecule has 1 amide bonds. The summed E-state index contributed by atoms with van der Waals surface area (Å²) < 4.78 is 15.0. The number of methoxy groups -OCH3 is 1. The van der Waals surface area contributed by atoms with Crippen LogP contribution in [0.25, 0.3) is 10.9 Å². The van der Waals surface area contributed by atoms with Gasteiger partial charge in [-0.2, -0.15) is 5.10 Å². The molecule has 0 spiro atoms. The molecule has 1 fully saturated rings. The summed E-state index contributed by atoms with van der Waals surface area (Å²) in [5, 5.41) is 8.57. The Hall–Kier alpha value is -2.64. The lowest BCUT2D eigenvalue weighted by Crippen LogP contribution is -2.25. The molecule has 4 rings (SSSR count). The predicted molar refractivity (Wildman–Crippen MR) is 112 cm³/mol. The van der Waals surface area contributed by atoms with E-state index < -0.39 is 0 Å². The minimum absolute atomic E-state index is 0.00974. The molecule has 29 heavy (non-hydrogen) atoms. The van der Waals surface area contributed by atoms with Crippen molar-refractivity contribution in [1.29, 1.82) is 0 Å². The zero-order valence-corrected chi connectivity index (χ0v) is 17.0. The van der Waals surface area contributed by atoms with Crippen molar-refractivity contribution in [3.8, 4) is 0 Å². The molecule has 3 heterocycles. The van der Waals surface area contributed by atoms with E-state index in [0.717, 1.165) is 29.6 Å². The van der Waals surface area contributed by atoms with E-state index in [2.05, 4.69) is 40.2 Å². The van der Waals surface area contributed by atoms with Gasteiger partial charge < -0.3 is 19.4 Å². The van der Waals surface area contributed by atoms with Crippen LogP contribution in [0, 0.1) is 5.92 Å². The molecule has 0 saturated carbocycles. The van der Waals surface area contributed by atoms with Crippen LogP contribution in [0.2, 0.25) is 0 Å². The molecule has 0 bridgehead atoms. The number of hydrogen-bond acceptors (Lipinski definition) is 4. The van der Waals surface area contributed by atoms with E-state index in [1.165, 1.54) is 5.52 Å². The fourth-order valence-corrected chi connectivity index (χ4v) is 3.97. The summed E-state index contributed by atoms with van der Waals surface area (Å²) in [6.07, 6.45) is 7.36. The standard InChI is InChI=1S/C22H28N4O3/c1-3-8-25-9-6-16-13-18(4-5-20(16)25)24-22(27)19-7-11-29-21(19)17-14-23-26(15-17)10-12-28-2/h4-6,9,13-15,19,21H,3,7-8,10-12H2,1-2H3,(H,24,27)/t19-,21+/m0/s1. The summed E-state index contributed by atoms with van der Waals surface area (Å²) in [4.78, 5) is 13.0. The minimum atomic E-state index is -0.263. The van der Waals surface area contributed by atoms with Gasteiger partial charge in [0.1, 0.15) is 0 Å². The number of carbonyl (C=O) groups is 1. The van der Waals surface area contributed by atoms with Crippen LogP contribution in [-0.2, 0) is 27.4 Å². The normalized spacial score (nSPS) is 19.1. The van der Waals surface area contributed by atoms with Crippen molar-refractivity contribution in [1.82, 2.24) is 14.3 Å². The van der Waals surface area contributed by atoms with Crippen molar-refractivity contribution in [2.45, 2.75) is 39.0 Å². The Balaban J connectivity index is 1.45. The van der Waals surface area contributed by atoms with Crippen molar-refractivity contribution in [2.24, 2.45) is 5.92 Å². The van der Waals surface area contributed by atoms with Crippen LogP contribution in [-0.4, -0.2) is 40.6 Å². The van der Waals surface area contributed by atoms with Gasteiger partial charge in [-0.25, -0.2) is 0 Å². The van der Waals surface area contributed by atoms with E-state index in [9.17, 15) is 4.79 Å². The number of nitrogens with zero attached hydrogens (tertiary/aromatic N) is 3. The van der Waals surface area contributed by atoms with Gasteiger partial charge in [-0.15, -0.1) is 0 Å². The number of fused-ring (bicyclic) bond motifs is 1. The Kier molecular flexibility index (Phi) is 5.97. The second-order valence-electron chi connectivity index (χ2n) is 7.49. The van der Waals surface area contributed by atoms with Gasteiger partial charge >= 0.3 is 0 Å². The van der Waals surface area contributed by atoms with Crippen molar-refractivity contribution in [3.63, 3.8) is 0 Å². The summed E-state index contributed by atoms with van der Waals surface area (Å²) in [7, 11) is 1.67. The number of benzene rings is 1. The smallest absolute Gasteiger partial charge is 0.230 e. The molecular weight excluding hydrogens is 368 g/mol. The first-order chi connectivity index (χ1) is 14.2. The van der Waals surface area contributed by atoms with Crippen LogP contribution in [0.4, 0.5) is 5.69 Å². The molecule has 7 nitrogen and oxygen atoms in total. The summed E-state index contributed by atoms with van der Waals surface area (Å²) in [6.45, 7) is 5.01. The minimum Gasteiger partial charge on any atom is -0.383 e. The van der Waals surface area contributed by atoms with E-state index >= 15 is 0 Å². The number of amides is 1. The molecule has 1 saturated heterocycles. The average Bonchev–Trinajstić information content (AvgIpc) is 3.46. The molecule has 7 heteroatoms. The maximum Gasteiger partial charge on any atom is 0.230 e. The lowest BCUT2D eigenvalue weighted by atomic mass is 9.96. The topological polar surface area (TPSA) is 70.3 Å².